The van der Waals surface area contributed by atoms with E-state index in [0.29, 0.717) is 19.3 Å². The molecule has 0 aromatic carbocycles. The number of ether oxygens (including phenoxy) is 3. The van der Waals surface area contributed by atoms with Crippen molar-refractivity contribution < 1.29 is 28.6 Å². The van der Waals surface area contributed by atoms with E-state index in [1.54, 1.807) is 0 Å². The molecule has 0 saturated carbocycles. The van der Waals surface area contributed by atoms with Crippen molar-refractivity contribution in [3.8, 4) is 0 Å². The Morgan fingerprint density at radius 3 is 0.880 bits per heavy atom. The minimum atomic E-state index is -0.786. The third kappa shape index (κ3) is 60.8. The van der Waals surface area contributed by atoms with E-state index in [4.69, 9.17) is 14.2 Å². The summed E-state index contributed by atoms with van der Waals surface area (Å²) in [4.78, 5) is 38.2. The number of rotatable bonds is 56. The summed E-state index contributed by atoms with van der Waals surface area (Å²) in [6, 6.07) is 0. The molecule has 0 saturated heterocycles. The summed E-state index contributed by atoms with van der Waals surface area (Å²) in [6.07, 6.45) is 85.3. The largest absolute Gasteiger partial charge is 0.462 e. The average molecular weight is 1040 g/mol. The Hall–Kier alpha value is -3.93. The molecule has 0 rings (SSSR count). The number of esters is 3. The molecule has 75 heavy (non-hydrogen) atoms. The van der Waals surface area contributed by atoms with Crippen LogP contribution in [-0.2, 0) is 28.6 Å². The third-order valence-corrected chi connectivity index (χ3v) is 13.2. The highest BCUT2D eigenvalue weighted by Gasteiger charge is 2.19. The fourth-order valence-electron chi connectivity index (χ4n) is 8.58. The smallest absolute Gasteiger partial charge is 0.306 e. The minimum Gasteiger partial charge on any atom is -0.462 e. The molecule has 428 valence electrons. The number of unbranched alkanes of at least 4 members (excludes halogenated alkanes) is 27. The summed E-state index contributed by atoms with van der Waals surface area (Å²) in [7, 11) is 0. The lowest BCUT2D eigenvalue weighted by Gasteiger charge is -2.18. The molecular formula is C69H116O6. The minimum absolute atomic E-state index is 0.0855. The maximum absolute atomic E-state index is 12.9. The Kier molecular flexibility index (Phi) is 59.3. The molecule has 0 aliphatic rings. The number of carbonyl (C=O) groups excluding carboxylic acids is 3. The van der Waals surface area contributed by atoms with Crippen LogP contribution in [0.5, 0.6) is 0 Å². The predicted molar refractivity (Wildman–Crippen MR) is 325 cm³/mol. The first-order valence-electron chi connectivity index (χ1n) is 31.4. The van der Waals surface area contributed by atoms with Gasteiger partial charge in [0.2, 0.25) is 0 Å². The van der Waals surface area contributed by atoms with Crippen LogP contribution in [0.15, 0.2) is 109 Å². The van der Waals surface area contributed by atoms with Gasteiger partial charge in [0.25, 0.3) is 0 Å². The lowest BCUT2D eigenvalue weighted by Crippen LogP contribution is -2.30. The van der Waals surface area contributed by atoms with Gasteiger partial charge in [-0.2, -0.15) is 0 Å². The Morgan fingerprint density at radius 2 is 0.547 bits per heavy atom. The van der Waals surface area contributed by atoms with Gasteiger partial charge in [0.1, 0.15) is 13.2 Å². The molecule has 0 spiro atoms. The highest BCUT2D eigenvalue weighted by atomic mass is 16.6. The SMILES string of the molecule is CC/C=C\C/C=C\C/C=C\C/C=C\C/C=C\C/C=C\C/C=C\C/C=C\CCCCCCCCC(=O)OCC(COC(=O)CCCCCCC/C=C\CCC)OC(=O)CCCCCCCCCCCCCCCCCC. The quantitative estimate of drug-likeness (QED) is 0.0261. The highest BCUT2D eigenvalue weighted by Crippen LogP contribution is 2.16. The summed E-state index contributed by atoms with van der Waals surface area (Å²) in [5, 5.41) is 0. The van der Waals surface area contributed by atoms with Crippen molar-refractivity contribution in [3.05, 3.63) is 109 Å². The molecule has 6 heteroatoms. The van der Waals surface area contributed by atoms with Crippen molar-refractivity contribution in [3.63, 3.8) is 0 Å². The van der Waals surface area contributed by atoms with Gasteiger partial charge in [-0.05, 0) is 103 Å². The van der Waals surface area contributed by atoms with E-state index < -0.39 is 6.10 Å². The molecule has 1 atom stereocenters. The molecule has 0 N–H and O–H groups in total. The van der Waals surface area contributed by atoms with Gasteiger partial charge in [0.05, 0.1) is 0 Å². The first-order valence-corrected chi connectivity index (χ1v) is 31.4. The van der Waals surface area contributed by atoms with Crippen molar-refractivity contribution in [2.45, 2.75) is 297 Å². The molecule has 0 radical (unpaired) electrons. The van der Waals surface area contributed by atoms with Crippen molar-refractivity contribution in [1.29, 1.82) is 0 Å². The second-order valence-corrected chi connectivity index (χ2v) is 20.6. The Labute approximate surface area is 463 Å². The highest BCUT2D eigenvalue weighted by molar-refractivity contribution is 5.71. The Bertz CT molecular complexity index is 1520. The van der Waals surface area contributed by atoms with E-state index in [-0.39, 0.29) is 31.1 Å². The van der Waals surface area contributed by atoms with Crippen LogP contribution >= 0.6 is 0 Å². The van der Waals surface area contributed by atoms with Crippen LogP contribution in [0.25, 0.3) is 0 Å². The lowest BCUT2D eigenvalue weighted by atomic mass is 10.0. The van der Waals surface area contributed by atoms with Crippen molar-refractivity contribution in [2.24, 2.45) is 0 Å². The first-order chi connectivity index (χ1) is 37.0. The number of carbonyl (C=O) groups is 3. The summed E-state index contributed by atoms with van der Waals surface area (Å²) in [6.45, 7) is 6.46. The molecule has 0 amide bonds. The van der Waals surface area contributed by atoms with Gasteiger partial charge >= 0.3 is 17.9 Å². The topological polar surface area (TPSA) is 78.9 Å². The van der Waals surface area contributed by atoms with E-state index >= 15 is 0 Å². The van der Waals surface area contributed by atoms with Gasteiger partial charge in [-0.25, -0.2) is 0 Å². The normalized spacial score (nSPS) is 12.8. The molecule has 1 unspecified atom stereocenters. The predicted octanol–water partition coefficient (Wildman–Crippen LogP) is 21.4. The fraction of sp³-hybridized carbons (Fsp3) is 0.696. The van der Waals surface area contributed by atoms with Crippen molar-refractivity contribution >= 4 is 17.9 Å². The molecule has 6 nitrogen and oxygen atoms in total. The average Bonchev–Trinajstić information content (AvgIpc) is 3.41. The zero-order valence-electron chi connectivity index (χ0n) is 49.0. The van der Waals surface area contributed by atoms with Crippen LogP contribution in [-0.4, -0.2) is 37.2 Å². The standard InChI is InChI=1S/C69H116O6/c1-4-7-10-13-16-19-22-24-26-28-29-30-31-32-33-34-35-36-37-38-39-40-41-42-44-45-47-50-53-56-59-62-68(71)74-65-66(64-73-67(70)61-58-55-52-49-21-18-15-12-9-6-3)75-69(72)63-60-57-54-51-48-46-43-27-25-23-20-17-14-11-8-5-2/h7,10,12,15-16,19,24,26,29-30,32-33,35-36,38-39,41-42,66H,4-6,8-9,11,13-14,17-18,20-23,25,27-28,31,34,37,40,43-65H2,1-3H3/b10-7-,15-12-,19-16-,26-24-,30-29-,33-32-,36-35-,39-38-,42-41-. The number of hydrogen-bond donors (Lipinski definition) is 0. The molecule has 0 aliphatic heterocycles. The second kappa shape index (κ2) is 62.6. The zero-order valence-corrected chi connectivity index (χ0v) is 49.0. The summed E-state index contributed by atoms with van der Waals surface area (Å²) in [5.41, 5.74) is 0. The maximum atomic E-state index is 12.9. The molecular weight excluding hydrogens is 925 g/mol. The Morgan fingerprint density at radius 1 is 0.280 bits per heavy atom. The van der Waals surface area contributed by atoms with E-state index in [9.17, 15) is 14.4 Å². The van der Waals surface area contributed by atoms with E-state index in [0.717, 1.165) is 135 Å². The second-order valence-electron chi connectivity index (χ2n) is 20.6. The van der Waals surface area contributed by atoms with E-state index in [1.807, 2.05) is 0 Å². The number of allylic oxidation sites excluding steroid dienone is 18. The van der Waals surface area contributed by atoms with E-state index in [1.165, 1.54) is 116 Å². The number of hydrogen-bond acceptors (Lipinski definition) is 6. The Balaban J connectivity index is 4.26. The first kappa shape index (κ1) is 71.1. The van der Waals surface area contributed by atoms with Crippen molar-refractivity contribution in [2.75, 3.05) is 13.2 Å². The fourth-order valence-corrected chi connectivity index (χ4v) is 8.58. The lowest BCUT2D eigenvalue weighted by molar-refractivity contribution is -0.167. The van der Waals surface area contributed by atoms with Gasteiger partial charge < -0.3 is 14.2 Å². The van der Waals surface area contributed by atoms with Gasteiger partial charge in [0.15, 0.2) is 6.10 Å². The zero-order chi connectivity index (χ0) is 54.3. The molecule has 0 fully saturated rings. The molecule has 0 aromatic rings. The van der Waals surface area contributed by atoms with Crippen LogP contribution in [0, 0.1) is 0 Å². The molecule has 0 aromatic heterocycles. The maximum Gasteiger partial charge on any atom is 0.306 e. The van der Waals surface area contributed by atoms with Crippen LogP contribution in [0.1, 0.15) is 290 Å². The van der Waals surface area contributed by atoms with Crippen LogP contribution in [0.3, 0.4) is 0 Å². The van der Waals surface area contributed by atoms with Crippen LogP contribution in [0.4, 0.5) is 0 Å². The van der Waals surface area contributed by atoms with Crippen LogP contribution in [0.2, 0.25) is 0 Å². The molecule has 0 aliphatic carbocycles. The van der Waals surface area contributed by atoms with Gasteiger partial charge in [-0.15, -0.1) is 0 Å². The summed E-state index contributed by atoms with van der Waals surface area (Å²) >= 11 is 0. The van der Waals surface area contributed by atoms with Crippen LogP contribution < -0.4 is 0 Å². The van der Waals surface area contributed by atoms with Gasteiger partial charge in [-0.1, -0.05) is 278 Å². The molecule has 0 bridgehead atoms. The van der Waals surface area contributed by atoms with Gasteiger partial charge in [-0.3, -0.25) is 14.4 Å². The van der Waals surface area contributed by atoms with Crippen molar-refractivity contribution in [1.82, 2.24) is 0 Å². The van der Waals surface area contributed by atoms with Gasteiger partial charge in [0, 0.05) is 19.3 Å². The van der Waals surface area contributed by atoms with E-state index in [2.05, 4.69) is 130 Å². The molecule has 0 heterocycles. The summed E-state index contributed by atoms with van der Waals surface area (Å²) < 4.78 is 16.9. The summed E-state index contributed by atoms with van der Waals surface area (Å²) in [5.74, 6) is -0.904. The monoisotopic (exact) mass is 1040 g/mol. The third-order valence-electron chi connectivity index (χ3n) is 13.2.